The molecule has 0 aromatic carbocycles. The van der Waals surface area contributed by atoms with Crippen molar-refractivity contribution in [1.82, 2.24) is 14.5 Å². The van der Waals surface area contributed by atoms with Gasteiger partial charge in [0.15, 0.2) is 0 Å². The number of amides is 1. The highest BCUT2D eigenvalue weighted by molar-refractivity contribution is 5.76. The molecule has 1 fully saturated rings. The van der Waals surface area contributed by atoms with E-state index < -0.39 is 6.04 Å². The van der Waals surface area contributed by atoms with Crippen LogP contribution in [0, 0.1) is 0 Å². The van der Waals surface area contributed by atoms with Gasteiger partial charge in [-0.15, -0.1) is 0 Å². The molecule has 0 radical (unpaired) electrons. The van der Waals surface area contributed by atoms with Crippen molar-refractivity contribution < 1.29 is 9.90 Å². The predicted octanol–water partition coefficient (Wildman–Crippen LogP) is -0.112. The van der Waals surface area contributed by atoms with Crippen LogP contribution in [0.25, 0.3) is 0 Å². The summed E-state index contributed by atoms with van der Waals surface area (Å²) >= 11 is 0. The molecule has 3 N–H and O–H groups in total. The molecule has 100 valence electrons. The number of aryl methyl sites for hydroxylation is 1. The molecule has 1 saturated heterocycles. The first-order chi connectivity index (χ1) is 8.72. The van der Waals surface area contributed by atoms with Gasteiger partial charge in [-0.05, 0) is 12.8 Å². The third-order valence-electron chi connectivity index (χ3n) is 3.35. The number of aliphatic hydroxyl groups excluding tert-OH is 1. The van der Waals surface area contributed by atoms with Gasteiger partial charge in [0.25, 0.3) is 0 Å². The average Bonchev–Trinajstić information content (AvgIpc) is 3.05. The topological polar surface area (TPSA) is 84.4 Å². The van der Waals surface area contributed by atoms with Crippen molar-refractivity contribution in [3.63, 3.8) is 0 Å². The minimum atomic E-state index is -0.436. The molecule has 1 unspecified atom stereocenters. The second kappa shape index (κ2) is 5.97. The van der Waals surface area contributed by atoms with Gasteiger partial charge in [0.05, 0.1) is 24.7 Å². The molecule has 1 atom stereocenters. The molecule has 6 heteroatoms. The average molecular weight is 252 g/mol. The normalized spacial score (nSPS) is 17.1. The predicted molar refractivity (Wildman–Crippen MR) is 66.7 cm³/mol. The molecule has 0 spiro atoms. The quantitative estimate of drug-likeness (QED) is 0.765. The van der Waals surface area contributed by atoms with Crippen LogP contribution in [0.1, 0.15) is 31.0 Å². The first-order valence-corrected chi connectivity index (χ1v) is 6.36. The first kappa shape index (κ1) is 13.0. The maximum Gasteiger partial charge on any atom is 0.224 e. The second-order valence-electron chi connectivity index (χ2n) is 4.64. The van der Waals surface area contributed by atoms with E-state index in [9.17, 15) is 4.79 Å². The van der Waals surface area contributed by atoms with E-state index >= 15 is 0 Å². The molecule has 1 aliphatic heterocycles. The van der Waals surface area contributed by atoms with Gasteiger partial charge in [-0.3, -0.25) is 4.79 Å². The minimum absolute atomic E-state index is 0.119. The summed E-state index contributed by atoms with van der Waals surface area (Å²) in [5.41, 5.74) is 6.53. The number of likely N-dealkylation sites (tertiary alicyclic amines) is 1. The molecule has 2 rings (SSSR count). The fourth-order valence-corrected chi connectivity index (χ4v) is 2.26. The summed E-state index contributed by atoms with van der Waals surface area (Å²) in [6, 6.07) is -0.436. The van der Waals surface area contributed by atoms with Crippen LogP contribution in [0.2, 0.25) is 0 Å². The zero-order valence-corrected chi connectivity index (χ0v) is 10.5. The summed E-state index contributed by atoms with van der Waals surface area (Å²) in [5.74, 6) is 0.185. The Hall–Kier alpha value is -1.40. The molecule has 1 aromatic heterocycles. The lowest BCUT2D eigenvalue weighted by Gasteiger charge is -2.16. The molecular weight excluding hydrogens is 232 g/mol. The molecule has 0 aliphatic carbocycles. The van der Waals surface area contributed by atoms with Gasteiger partial charge in [0.1, 0.15) is 0 Å². The Balaban J connectivity index is 1.89. The first-order valence-electron chi connectivity index (χ1n) is 6.36. The van der Waals surface area contributed by atoms with Crippen molar-refractivity contribution in [2.24, 2.45) is 5.73 Å². The van der Waals surface area contributed by atoms with Gasteiger partial charge in [0, 0.05) is 32.3 Å². The molecule has 1 aliphatic rings. The van der Waals surface area contributed by atoms with E-state index in [0.29, 0.717) is 13.0 Å². The third kappa shape index (κ3) is 2.88. The monoisotopic (exact) mass is 252 g/mol. The van der Waals surface area contributed by atoms with Crippen molar-refractivity contribution >= 4 is 5.91 Å². The van der Waals surface area contributed by atoms with E-state index in [1.165, 1.54) is 0 Å². The van der Waals surface area contributed by atoms with Crippen LogP contribution in [-0.2, 0) is 11.3 Å². The van der Waals surface area contributed by atoms with Gasteiger partial charge in [-0.1, -0.05) is 0 Å². The number of nitrogens with zero attached hydrogens (tertiary/aromatic N) is 3. The third-order valence-corrected chi connectivity index (χ3v) is 3.35. The lowest BCUT2D eigenvalue weighted by molar-refractivity contribution is -0.130. The Morgan fingerprint density at radius 1 is 1.50 bits per heavy atom. The van der Waals surface area contributed by atoms with Gasteiger partial charge >= 0.3 is 0 Å². The van der Waals surface area contributed by atoms with E-state index in [-0.39, 0.29) is 12.5 Å². The smallest absolute Gasteiger partial charge is 0.224 e. The second-order valence-corrected chi connectivity index (χ2v) is 4.64. The van der Waals surface area contributed by atoms with Crippen LogP contribution >= 0.6 is 0 Å². The lowest BCUT2D eigenvalue weighted by atomic mass is 10.2. The molecule has 2 heterocycles. The van der Waals surface area contributed by atoms with E-state index in [4.69, 9.17) is 10.8 Å². The van der Waals surface area contributed by atoms with Crippen LogP contribution in [-0.4, -0.2) is 45.2 Å². The molecule has 0 bridgehead atoms. The molecular formula is C12H20N4O2. The molecule has 6 nitrogen and oxygen atoms in total. The fraction of sp³-hybridized carbons (Fsp3) is 0.667. The number of imidazole rings is 1. The Labute approximate surface area is 106 Å². The van der Waals surface area contributed by atoms with E-state index in [1.807, 2.05) is 9.47 Å². The largest absolute Gasteiger partial charge is 0.394 e. The number of hydrogen-bond acceptors (Lipinski definition) is 4. The van der Waals surface area contributed by atoms with Crippen molar-refractivity contribution in [3.05, 3.63) is 18.2 Å². The Morgan fingerprint density at radius 2 is 2.22 bits per heavy atom. The van der Waals surface area contributed by atoms with Crippen molar-refractivity contribution in [1.29, 1.82) is 0 Å². The van der Waals surface area contributed by atoms with Gasteiger partial charge in [-0.2, -0.15) is 0 Å². The summed E-state index contributed by atoms with van der Waals surface area (Å²) in [4.78, 5) is 17.8. The number of carbonyl (C=O) groups is 1. The van der Waals surface area contributed by atoms with Crippen molar-refractivity contribution in [2.75, 3.05) is 19.7 Å². The zero-order chi connectivity index (χ0) is 13.0. The SMILES string of the molecule is NC(CO)c1cncn1CCC(=O)N1CCCC1. The van der Waals surface area contributed by atoms with E-state index in [0.717, 1.165) is 31.6 Å². The highest BCUT2D eigenvalue weighted by Crippen LogP contribution is 2.12. The number of aliphatic hydroxyl groups is 1. The fourth-order valence-electron chi connectivity index (χ4n) is 2.26. The van der Waals surface area contributed by atoms with Crippen molar-refractivity contribution in [3.8, 4) is 0 Å². The molecule has 0 saturated carbocycles. The number of hydrogen-bond donors (Lipinski definition) is 2. The number of nitrogens with two attached hydrogens (primary N) is 1. The summed E-state index contributed by atoms with van der Waals surface area (Å²) in [5, 5.41) is 9.04. The Bertz CT molecular complexity index is 399. The summed E-state index contributed by atoms with van der Waals surface area (Å²) in [6.45, 7) is 2.21. The van der Waals surface area contributed by atoms with Crippen LogP contribution in [0.4, 0.5) is 0 Å². The molecule has 1 amide bonds. The van der Waals surface area contributed by atoms with Crippen LogP contribution in [0.15, 0.2) is 12.5 Å². The molecule has 1 aromatic rings. The van der Waals surface area contributed by atoms with Gasteiger partial charge in [0.2, 0.25) is 5.91 Å². The van der Waals surface area contributed by atoms with E-state index in [1.54, 1.807) is 12.5 Å². The summed E-state index contributed by atoms with van der Waals surface area (Å²) in [7, 11) is 0. The highest BCUT2D eigenvalue weighted by Gasteiger charge is 2.18. The highest BCUT2D eigenvalue weighted by atomic mass is 16.3. The van der Waals surface area contributed by atoms with Crippen LogP contribution < -0.4 is 5.73 Å². The summed E-state index contributed by atoms with van der Waals surface area (Å²) in [6.07, 6.45) is 5.97. The molecule has 18 heavy (non-hydrogen) atoms. The van der Waals surface area contributed by atoms with Gasteiger partial charge in [-0.25, -0.2) is 4.98 Å². The lowest BCUT2D eigenvalue weighted by Crippen LogP contribution is -2.28. The maximum atomic E-state index is 11.9. The van der Waals surface area contributed by atoms with Crippen LogP contribution in [0.3, 0.4) is 0 Å². The van der Waals surface area contributed by atoms with Crippen molar-refractivity contribution in [2.45, 2.75) is 31.8 Å². The standard InChI is InChI=1S/C12H20N4O2/c13-10(8-17)11-7-14-9-16(11)6-3-12(18)15-4-1-2-5-15/h7,9-10,17H,1-6,8,13H2. The minimum Gasteiger partial charge on any atom is -0.394 e. The number of aromatic nitrogens is 2. The van der Waals surface area contributed by atoms with Crippen LogP contribution in [0.5, 0.6) is 0 Å². The maximum absolute atomic E-state index is 11.9. The zero-order valence-electron chi connectivity index (χ0n) is 10.5. The van der Waals surface area contributed by atoms with E-state index in [2.05, 4.69) is 4.98 Å². The number of carbonyl (C=O) groups excluding carboxylic acids is 1. The Kier molecular flexibility index (Phi) is 4.33. The number of rotatable bonds is 5. The Morgan fingerprint density at radius 3 is 2.89 bits per heavy atom. The summed E-state index contributed by atoms with van der Waals surface area (Å²) < 4.78 is 1.84. The van der Waals surface area contributed by atoms with Gasteiger partial charge < -0.3 is 20.3 Å².